The van der Waals surface area contributed by atoms with Gasteiger partial charge in [-0.1, -0.05) is 60.1 Å². The number of methoxy groups -OCH3 is 1. The second kappa shape index (κ2) is 11.6. The molecule has 0 bridgehead atoms. The van der Waals surface area contributed by atoms with E-state index in [4.69, 9.17) is 16.3 Å². The van der Waals surface area contributed by atoms with E-state index >= 15 is 0 Å². The number of ether oxygens (including phenoxy) is 1. The van der Waals surface area contributed by atoms with E-state index in [9.17, 15) is 9.90 Å². The molecular weight excluding hydrogens is 414 g/mol. The van der Waals surface area contributed by atoms with Crippen molar-refractivity contribution < 1.29 is 14.6 Å². The van der Waals surface area contributed by atoms with Crippen molar-refractivity contribution in [2.45, 2.75) is 18.7 Å². The Kier molecular flexibility index (Phi) is 8.87. The third-order valence-corrected chi connectivity index (χ3v) is 6.03. The van der Waals surface area contributed by atoms with Crippen LogP contribution in [0.2, 0.25) is 5.02 Å². The first-order valence-electron chi connectivity index (χ1n) is 10.7. The number of rotatable bonds is 9. The quantitative estimate of drug-likeness (QED) is 0.599. The molecule has 0 spiro atoms. The zero-order chi connectivity index (χ0) is 22.2. The van der Waals surface area contributed by atoms with Gasteiger partial charge in [-0.2, -0.15) is 0 Å². The van der Waals surface area contributed by atoms with Crippen LogP contribution in [0.25, 0.3) is 0 Å². The summed E-state index contributed by atoms with van der Waals surface area (Å²) in [6.07, 6.45) is -0.430. The molecule has 1 aliphatic rings. The van der Waals surface area contributed by atoms with Gasteiger partial charge in [-0.05, 0) is 24.2 Å². The van der Waals surface area contributed by atoms with Crippen LogP contribution in [0.4, 0.5) is 0 Å². The molecule has 0 aliphatic carbocycles. The van der Waals surface area contributed by atoms with Crippen molar-refractivity contribution in [1.29, 1.82) is 0 Å². The average molecular weight is 446 g/mol. The molecule has 7 heteroatoms. The van der Waals surface area contributed by atoms with Crippen LogP contribution in [0.1, 0.15) is 17.2 Å². The highest BCUT2D eigenvalue weighted by molar-refractivity contribution is 6.31. The van der Waals surface area contributed by atoms with Crippen LogP contribution in [-0.2, 0) is 16.1 Å². The molecule has 1 heterocycles. The van der Waals surface area contributed by atoms with Crippen molar-refractivity contribution in [2.75, 3.05) is 53.4 Å². The molecule has 2 aromatic rings. The molecule has 1 aliphatic heterocycles. The molecule has 2 aromatic carbocycles. The first-order chi connectivity index (χ1) is 15.0. The summed E-state index contributed by atoms with van der Waals surface area (Å²) in [6.45, 7) is 5.00. The highest BCUT2D eigenvalue weighted by atomic mass is 35.5. The summed E-state index contributed by atoms with van der Waals surface area (Å²) < 4.78 is 5.06. The minimum Gasteiger partial charge on any atom is -0.468 e. The van der Waals surface area contributed by atoms with Crippen LogP contribution < -0.4 is 0 Å². The van der Waals surface area contributed by atoms with E-state index in [-0.39, 0.29) is 5.97 Å². The van der Waals surface area contributed by atoms with E-state index in [1.165, 1.54) is 12.7 Å². The number of piperazine rings is 1. The standard InChI is InChI=1S/C24H32ClN3O3/c1-26(16-19-8-4-3-5-9-19)17-20(29)18-27-12-14-28(15-13-27)23(24(30)31-2)21-10-6-7-11-22(21)25/h3-11,20,23,29H,12-18H2,1-2H3. The van der Waals surface area contributed by atoms with Crippen LogP contribution >= 0.6 is 11.6 Å². The van der Waals surface area contributed by atoms with Crippen LogP contribution in [0, 0.1) is 0 Å². The number of hydrogen-bond donors (Lipinski definition) is 1. The number of esters is 1. The van der Waals surface area contributed by atoms with Gasteiger partial charge < -0.3 is 9.84 Å². The molecule has 31 heavy (non-hydrogen) atoms. The molecule has 0 radical (unpaired) electrons. The van der Waals surface area contributed by atoms with Gasteiger partial charge in [0.2, 0.25) is 0 Å². The predicted octanol–water partition coefficient (Wildman–Crippen LogP) is 2.66. The van der Waals surface area contributed by atoms with Crippen molar-refractivity contribution in [1.82, 2.24) is 14.7 Å². The predicted molar refractivity (Wildman–Crippen MR) is 123 cm³/mol. The molecule has 1 N–H and O–H groups in total. The molecule has 2 atom stereocenters. The number of carbonyl (C=O) groups excluding carboxylic acids is 1. The number of halogens is 1. The molecule has 1 saturated heterocycles. The van der Waals surface area contributed by atoms with Gasteiger partial charge in [-0.3, -0.25) is 14.7 Å². The molecule has 1 fully saturated rings. The second-order valence-corrected chi connectivity index (χ2v) is 8.53. The first kappa shape index (κ1) is 23.7. The lowest BCUT2D eigenvalue weighted by Gasteiger charge is -2.39. The van der Waals surface area contributed by atoms with Crippen molar-refractivity contribution >= 4 is 17.6 Å². The summed E-state index contributed by atoms with van der Waals surface area (Å²) >= 11 is 6.36. The van der Waals surface area contributed by atoms with Gasteiger partial charge in [0.15, 0.2) is 0 Å². The number of aliphatic hydroxyl groups excluding tert-OH is 1. The number of aliphatic hydroxyl groups is 1. The van der Waals surface area contributed by atoms with E-state index < -0.39 is 12.1 Å². The van der Waals surface area contributed by atoms with Crippen LogP contribution in [0.3, 0.4) is 0 Å². The second-order valence-electron chi connectivity index (χ2n) is 8.12. The van der Waals surface area contributed by atoms with Gasteiger partial charge >= 0.3 is 5.97 Å². The number of likely N-dealkylation sites (N-methyl/N-ethyl adjacent to an activating group) is 1. The van der Waals surface area contributed by atoms with E-state index in [0.29, 0.717) is 31.2 Å². The Balaban J connectivity index is 1.51. The topological polar surface area (TPSA) is 56.3 Å². The van der Waals surface area contributed by atoms with Gasteiger partial charge in [0.05, 0.1) is 13.2 Å². The smallest absolute Gasteiger partial charge is 0.327 e. The Hall–Kier alpha value is -1.96. The number of hydrogen-bond acceptors (Lipinski definition) is 6. The normalized spacial score (nSPS) is 17.5. The Labute approximate surface area is 190 Å². The van der Waals surface area contributed by atoms with Crippen molar-refractivity contribution in [2.24, 2.45) is 0 Å². The van der Waals surface area contributed by atoms with Gasteiger partial charge in [-0.15, -0.1) is 0 Å². The zero-order valence-electron chi connectivity index (χ0n) is 18.3. The Bertz CT molecular complexity index is 828. The Morgan fingerprint density at radius 3 is 2.39 bits per heavy atom. The van der Waals surface area contributed by atoms with Crippen molar-refractivity contribution in [3.63, 3.8) is 0 Å². The third-order valence-electron chi connectivity index (χ3n) is 5.68. The van der Waals surface area contributed by atoms with Crippen molar-refractivity contribution in [3.05, 3.63) is 70.7 Å². The summed E-state index contributed by atoms with van der Waals surface area (Å²) in [6, 6.07) is 17.2. The monoisotopic (exact) mass is 445 g/mol. The number of benzene rings is 2. The number of carbonyl (C=O) groups is 1. The largest absolute Gasteiger partial charge is 0.468 e. The minimum atomic E-state index is -0.511. The van der Waals surface area contributed by atoms with Crippen LogP contribution in [-0.4, -0.2) is 85.3 Å². The molecule has 168 valence electrons. The molecule has 0 aromatic heterocycles. The van der Waals surface area contributed by atoms with Gasteiger partial charge in [0, 0.05) is 50.8 Å². The molecular formula is C24H32ClN3O3. The molecule has 3 rings (SSSR count). The highest BCUT2D eigenvalue weighted by Gasteiger charge is 2.32. The lowest BCUT2D eigenvalue weighted by molar-refractivity contribution is -0.148. The minimum absolute atomic E-state index is 0.302. The fourth-order valence-corrected chi connectivity index (χ4v) is 4.40. The molecule has 6 nitrogen and oxygen atoms in total. The van der Waals surface area contributed by atoms with Crippen molar-refractivity contribution in [3.8, 4) is 0 Å². The number of nitrogens with zero attached hydrogens (tertiary/aromatic N) is 3. The van der Waals surface area contributed by atoms with Crippen LogP contribution in [0.15, 0.2) is 54.6 Å². The van der Waals surface area contributed by atoms with Gasteiger partial charge in [-0.25, -0.2) is 4.79 Å². The lowest BCUT2D eigenvalue weighted by atomic mass is 10.0. The van der Waals surface area contributed by atoms with E-state index in [2.05, 4.69) is 26.8 Å². The fourth-order valence-electron chi connectivity index (χ4n) is 4.16. The fraction of sp³-hybridized carbons (Fsp3) is 0.458. The first-order valence-corrected chi connectivity index (χ1v) is 11.0. The van der Waals surface area contributed by atoms with Gasteiger partial charge in [0.25, 0.3) is 0 Å². The Morgan fingerprint density at radius 2 is 1.74 bits per heavy atom. The van der Waals surface area contributed by atoms with Crippen LogP contribution in [0.5, 0.6) is 0 Å². The maximum Gasteiger partial charge on any atom is 0.327 e. The Morgan fingerprint density at radius 1 is 1.10 bits per heavy atom. The summed E-state index contributed by atoms with van der Waals surface area (Å²) in [5.74, 6) is -0.302. The summed E-state index contributed by atoms with van der Waals surface area (Å²) in [5.41, 5.74) is 2.01. The lowest BCUT2D eigenvalue weighted by Crippen LogP contribution is -2.51. The molecule has 0 amide bonds. The average Bonchev–Trinajstić information content (AvgIpc) is 2.76. The van der Waals surface area contributed by atoms with Gasteiger partial charge in [0.1, 0.15) is 6.04 Å². The number of β-amino-alcohol motifs (C(OH)–C–C–N with tert-alkyl or cyclic N) is 1. The summed E-state index contributed by atoms with van der Waals surface area (Å²) in [4.78, 5) is 19.0. The SMILES string of the molecule is COC(=O)C(c1ccccc1Cl)N1CCN(CC(O)CN(C)Cc2ccccc2)CC1. The molecule has 0 saturated carbocycles. The zero-order valence-corrected chi connectivity index (χ0v) is 19.0. The van der Waals surface area contributed by atoms with E-state index in [1.54, 1.807) is 6.07 Å². The highest BCUT2D eigenvalue weighted by Crippen LogP contribution is 2.29. The third kappa shape index (κ3) is 6.76. The van der Waals surface area contributed by atoms with E-state index in [0.717, 1.165) is 25.2 Å². The maximum absolute atomic E-state index is 12.5. The summed E-state index contributed by atoms with van der Waals surface area (Å²) in [7, 11) is 3.43. The maximum atomic E-state index is 12.5. The summed E-state index contributed by atoms with van der Waals surface area (Å²) in [5, 5.41) is 11.1. The molecule has 2 unspecified atom stereocenters. The van der Waals surface area contributed by atoms with E-state index in [1.807, 2.05) is 43.4 Å².